The average Bonchev–Trinajstić information content (AvgIpc) is 3.04. The maximum Gasteiger partial charge on any atom is 0.207 e. The molecule has 8 heteroatoms. The van der Waals surface area contributed by atoms with E-state index in [1.165, 1.54) is 0 Å². The summed E-state index contributed by atoms with van der Waals surface area (Å²) in [4.78, 5) is 14.5. The van der Waals surface area contributed by atoms with Crippen molar-refractivity contribution in [1.82, 2.24) is 14.5 Å². The van der Waals surface area contributed by atoms with Gasteiger partial charge in [-0.15, -0.1) is 0 Å². The van der Waals surface area contributed by atoms with Crippen molar-refractivity contribution < 1.29 is 4.39 Å². The molecule has 3 aromatic rings. The van der Waals surface area contributed by atoms with Gasteiger partial charge in [0, 0.05) is 19.3 Å². The van der Waals surface area contributed by atoms with Gasteiger partial charge in [-0.2, -0.15) is 0 Å². The second-order valence-electron chi connectivity index (χ2n) is 6.64. The van der Waals surface area contributed by atoms with E-state index in [4.69, 9.17) is 28.9 Å². The highest BCUT2D eigenvalue weighted by atomic mass is 35.5. The van der Waals surface area contributed by atoms with E-state index in [0.717, 1.165) is 11.2 Å². The quantitative estimate of drug-likeness (QED) is 0.701. The Labute approximate surface area is 161 Å². The van der Waals surface area contributed by atoms with Gasteiger partial charge in [0.25, 0.3) is 0 Å². The number of alkyl halides is 1. The van der Waals surface area contributed by atoms with Gasteiger partial charge < -0.3 is 15.2 Å². The van der Waals surface area contributed by atoms with E-state index in [0.29, 0.717) is 48.2 Å². The smallest absolute Gasteiger partial charge is 0.207 e. The van der Waals surface area contributed by atoms with Gasteiger partial charge in [-0.1, -0.05) is 23.7 Å². The van der Waals surface area contributed by atoms with Crippen LogP contribution in [0.2, 0.25) is 5.02 Å². The first-order valence-corrected chi connectivity index (χ1v) is 9.06. The van der Waals surface area contributed by atoms with E-state index in [-0.39, 0.29) is 0 Å². The number of anilines is 1. The van der Waals surface area contributed by atoms with Crippen LogP contribution in [-0.2, 0) is 6.54 Å². The van der Waals surface area contributed by atoms with Gasteiger partial charge in [0.2, 0.25) is 11.6 Å². The van der Waals surface area contributed by atoms with Crippen LogP contribution in [0.15, 0.2) is 36.5 Å². The standard InChI is InChI=1S/C19H18ClFN6/c1-23-12-5-6-13(24-9-12)10-27-17-4-2-3-14(20)18(17)25-19(27)26-8-7-15(21)16(22)11-26/h2-6,9,15-16H,7-8,10-11,22H2/t15-,16-/m1/s1. The minimum absolute atomic E-state index is 0.371. The number of halogens is 2. The molecule has 27 heavy (non-hydrogen) atoms. The summed E-state index contributed by atoms with van der Waals surface area (Å²) in [6.07, 6.45) is 0.930. The molecule has 1 fully saturated rings. The number of imidazole rings is 1. The second-order valence-corrected chi connectivity index (χ2v) is 7.05. The molecule has 0 spiro atoms. The highest BCUT2D eigenvalue weighted by molar-refractivity contribution is 6.35. The van der Waals surface area contributed by atoms with Crippen molar-refractivity contribution in [2.75, 3.05) is 18.0 Å². The predicted octanol–water partition coefficient (Wildman–Crippen LogP) is 3.56. The summed E-state index contributed by atoms with van der Waals surface area (Å²) in [5, 5.41) is 0.563. The Bertz CT molecular complexity index is 1010. The van der Waals surface area contributed by atoms with Crippen molar-refractivity contribution in [2.45, 2.75) is 25.2 Å². The Balaban J connectivity index is 1.77. The third-order valence-corrected chi connectivity index (χ3v) is 5.13. The molecule has 0 radical (unpaired) electrons. The second kappa shape index (κ2) is 7.14. The monoisotopic (exact) mass is 384 g/mol. The first-order valence-electron chi connectivity index (χ1n) is 8.68. The zero-order valence-electron chi connectivity index (χ0n) is 14.5. The zero-order valence-corrected chi connectivity index (χ0v) is 15.3. The van der Waals surface area contributed by atoms with E-state index in [1.54, 1.807) is 18.3 Å². The molecular weight excluding hydrogens is 367 g/mol. The van der Waals surface area contributed by atoms with E-state index < -0.39 is 12.2 Å². The van der Waals surface area contributed by atoms with E-state index >= 15 is 0 Å². The molecule has 4 rings (SSSR count). The number of benzene rings is 1. The van der Waals surface area contributed by atoms with Crippen LogP contribution in [-0.4, -0.2) is 39.8 Å². The highest BCUT2D eigenvalue weighted by Gasteiger charge is 2.29. The predicted molar refractivity (Wildman–Crippen MR) is 104 cm³/mol. The molecule has 2 N–H and O–H groups in total. The number of para-hydroxylation sites is 1. The molecule has 1 aliphatic rings. The molecule has 6 nitrogen and oxygen atoms in total. The Morgan fingerprint density at radius 1 is 1.33 bits per heavy atom. The Hall–Kier alpha value is -2.69. The fourth-order valence-electron chi connectivity index (χ4n) is 3.37. The fraction of sp³-hybridized carbons (Fsp3) is 0.316. The van der Waals surface area contributed by atoms with Crippen molar-refractivity contribution in [3.63, 3.8) is 0 Å². The lowest BCUT2D eigenvalue weighted by Gasteiger charge is -2.34. The van der Waals surface area contributed by atoms with Crippen LogP contribution in [0.4, 0.5) is 16.0 Å². The SMILES string of the molecule is [C-]#[N+]c1ccc(Cn2c(N3CC[C@@H](F)[C@H](N)C3)nc3c(Cl)cccc32)nc1. The molecule has 0 saturated carbocycles. The van der Waals surface area contributed by atoms with Crippen molar-refractivity contribution in [3.05, 3.63) is 58.7 Å². The first kappa shape index (κ1) is 17.7. The van der Waals surface area contributed by atoms with Crippen LogP contribution in [0.1, 0.15) is 12.1 Å². The number of fused-ring (bicyclic) bond motifs is 1. The van der Waals surface area contributed by atoms with Crippen molar-refractivity contribution in [1.29, 1.82) is 0 Å². The molecule has 1 aliphatic heterocycles. The summed E-state index contributed by atoms with van der Waals surface area (Å²) in [6.45, 7) is 8.46. The van der Waals surface area contributed by atoms with Crippen molar-refractivity contribution >= 4 is 34.3 Å². The number of aromatic nitrogens is 3. The van der Waals surface area contributed by atoms with Gasteiger partial charge in [-0.25, -0.2) is 14.2 Å². The molecule has 138 valence electrons. The van der Waals surface area contributed by atoms with E-state index in [2.05, 4.69) is 9.83 Å². The molecule has 0 aliphatic carbocycles. The van der Waals surface area contributed by atoms with Gasteiger partial charge in [0.1, 0.15) is 11.7 Å². The lowest BCUT2D eigenvalue weighted by atomic mass is 10.1. The van der Waals surface area contributed by atoms with Crippen LogP contribution in [0.5, 0.6) is 0 Å². The number of nitrogens with two attached hydrogens (primary N) is 1. The third-order valence-electron chi connectivity index (χ3n) is 4.82. The Morgan fingerprint density at radius 2 is 2.19 bits per heavy atom. The van der Waals surface area contributed by atoms with Gasteiger partial charge in [0.05, 0.1) is 35.4 Å². The zero-order chi connectivity index (χ0) is 19.0. The van der Waals surface area contributed by atoms with Gasteiger partial charge >= 0.3 is 0 Å². The molecule has 1 aromatic carbocycles. The molecule has 0 bridgehead atoms. The van der Waals surface area contributed by atoms with Gasteiger partial charge in [-0.05, 0) is 24.6 Å². The Kier molecular flexibility index (Phi) is 4.68. The number of pyridine rings is 1. The molecule has 2 aromatic heterocycles. The van der Waals surface area contributed by atoms with Crippen LogP contribution in [0.3, 0.4) is 0 Å². The maximum absolute atomic E-state index is 13.8. The summed E-state index contributed by atoms with van der Waals surface area (Å²) >= 11 is 6.35. The summed E-state index contributed by atoms with van der Waals surface area (Å²) < 4.78 is 15.8. The summed E-state index contributed by atoms with van der Waals surface area (Å²) in [7, 11) is 0. The maximum atomic E-state index is 13.8. The number of nitrogens with zero attached hydrogens (tertiary/aromatic N) is 5. The number of hydrogen-bond donors (Lipinski definition) is 1. The first-order chi connectivity index (χ1) is 13.1. The lowest BCUT2D eigenvalue weighted by molar-refractivity contribution is 0.243. The van der Waals surface area contributed by atoms with Crippen LogP contribution >= 0.6 is 11.6 Å². The molecule has 2 atom stereocenters. The third kappa shape index (κ3) is 3.34. The fourth-order valence-corrected chi connectivity index (χ4v) is 3.58. The molecule has 1 saturated heterocycles. The Morgan fingerprint density at radius 3 is 2.89 bits per heavy atom. The summed E-state index contributed by atoms with van der Waals surface area (Å²) in [5.74, 6) is 0.705. The van der Waals surface area contributed by atoms with Crippen LogP contribution < -0.4 is 10.6 Å². The number of piperidine rings is 1. The lowest BCUT2D eigenvalue weighted by Crippen LogP contribution is -2.50. The normalized spacial score (nSPS) is 20.0. The van der Waals surface area contributed by atoms with E-state index in [1.807, 2.05) is 27.7 Å². The highest BCUT2D eigenvalue weighted by Crippen LogP contribution is 2.30. The van der Waals surface area contributed by atoms with Crippen LogP contribution in [0, 0.1) is 6.57 Å². The van der Waals surface area contributed by atoms with Gasteiger partial charge in [-0.3, -0.25) is 4.98 Å². The number of rotatable bonds is 3. The minimum Gasteiger partial charge on any atom is -0.340 e. The van der Waals surface area contributed by atoms with Gasteiger partial charge in [0.15, 0.2) is 0 Å². The van der Waals surface area contributed by atoms with Crippen molar-refractivity contribution in [2.24, 2.45) is 5.73 Å². The van der Waals surface area contributed by atoms with Crippen LogP contribution in [0.25, 0.3) is 15.9 Å². The minimum atomic E-state index is -0.995. The molecule has 0 unspecified atom stereocenters. The summed E-state index contributed by atoms with van der Waals surface area (Å²) in [6, 6.07) is 8.65. The largest absolute Gasteiger partial charge is 0.340 e. The number of hydrogen-bond acceptors (Lipinski definition) is 4. The summed E-state index contributed by atoms with van der Waals surface area (Å²) in [5.41, 5.74) is 8.81. The molecule has 3 heterocycles. The van der Waals surface area contributed by atoms with E-state index in [9.17, 15) is 4.39 Å². The molecule has 0 amide bonds. The average molecular weight is 385 g/mol. The van der Waals surface area contributed by atoms with Crippen molar-refractivity contribution in [3.8, 4) is 0 Å². The molecular formula is C19H18ClFN6. The topological polar surface area (TPSA) is 64.3 Å².